The van der Waals surface area contributed by atoms with Gasteiger partial charge in [0.25, 0.3) is 0 Å². The van der Waals surface area contributed by atoms with Crippen molar-refractivity contribution in [3.05, 3.63) is 88.1 Å². The monoisotopic (exact) mass is 297 g/mol. The summed E-state index contributed by atoms with van der Waals surface area (Å²) < 4.78 is 0. The maximum atomic E-state index is 4.48. The molecule has 0 radical (unpaired) electrons. The van der Waals surface area contributed by atoms with E-state index in [9.17, 15) is 0 Å². The van der Waals surface area contributed by atoms with Crippen LogP contribution in [0.25, 0.3) is 23.8 Å². The SMILES string of the molecule is C=c1c(C2c3ccccc3-c3ccccc32)cnc/c1=C/CC. The number of rotatable bonds is 2. The molecule has 1 aliphatic rings. The second kappa shape index (κ2) is 5.51. The number of hydrogen-bond donors (Lipinski definition) is 0. The van der Waals surface area contributed by atoms with Gasteiger partial charge < -0.3 is 0 Å². The largest absolute Gasteiger partial charge is 0.264 e. The van der Waals surface area contributed by atoms with Crippen molar-refractivity contribution in [3.8, 4) is 11.1 Å². The standard InChI is InChI=1S/C22H19N/c1-3-8-16-13-23-14-21(15(16)2)22-19-11-6-4-9-17(19)18-10-5-7-12-20(18)22/h4-14,22H,2-3H2,1H3/b16-8-. The van der Waals surface area contributed by atoms with Crippen LogP contribution in [0, 0.1) is 0 Å². The lowest BCUT2D eigenvalue weighted by molar-refractivity contribution is 0.977. The van der Waals surface area contributed by atoms with Crippen molar-refractivity contribution >= 4 is 12.7 Å². The minimum Gasteiger partial charge on any atom is -0.264 e. The van der Waals surface area contributed by atoms with Crippen LogP contribution in [0.1, 0.15) is 36.0 Å². The smallest absolute Gasteiger partial charge is 0.0373 e. The molecular weight excluding hydrogens is 278 g/mol. The molecule has 0 atom stereocenters. The zero-order valence-corrected chi connectivity index (χ0v) is 13.3. The van der Waals surface area contributed by atoms with E-state index < -0.39 is 0 Å². The van der Waals surface area contributed by atoms with Gasteiger partial charge in [-0.1, -0.05) is 68.1 Å². The Balaban J connectivity index is 2.03. The van der Waals surface area contributed by atoms with Gasteiger partial charge in [0.1, 0.15) is 0 Å². The summed E-state index contributed by atoms with van der Waals surface area (Å²) >= 11 is 0. The first-order valence-electron chi connectivity index (χ1n) is 8.12. The molecule has 0 saturated carbocycles. The van der Waals surface area contributed by atoms with Gasteiger partial charge in [0.05, 0.1) is 0 Å². The number of benzene rings is 2. The van der Waals surface area contributed by atoms with Gasteiger partial charge in [0.2, 0.25) is 0 Å². The van der Waals surface area contributed by atoms with E-state index in [1.165, 1.54) is 27.8 Å². The Kier molecular flexibility index (Phi) is 3.34. The fourth-order valence-corrected chi connectivity index (χ4v) is 3.66. The lowest BCUT2D eigenvalue weighted by atomic mass is 9.89. The maximum absolute atomic E-state index is 4.48. The van der Waals surface area contributed by atoms with Gasteiger partial charge in [-0.25, -0.2) is 0 Å². The lowest BCUT2D eigenvalue weighted by Crippen LogP contribution is -2.29. The third-order valence-corrected chi connectivity index (χ3v) is 4.69. The molecule has 0 aliphatic heterocycles. The number of aromatic nitrogens is 1. The molecule has 1 aliphatic carbocycles. The van der Waals surface area contributed by atoms with Gasteiger partial charge in [-0.15, -0.1) is 0 Å². The van der Waals surface area contributed by atoms with Crippen molar-refractivity contribution < 1.29 is 0 Å². The van der Waals surface area contributed by atoms with Gasteiger partial charge in [0.15, 0.2) is 0 Å². The Morgan fingerprint density at radius 3 is 2.13 bits per heavy atom. The van der Waals surface area contributed by atoms with Crippen LogP contribution in [-0.2, 0) is 0 Å². The third kappa shape index (κ3) is 2.12. The van der Waals surface area contributed by atoms with E-state index in [0.29, 0.717) is 0 Å². The van der Waals surface area contributed by atoms with Crippen molar-refractivity contribution in [1.82, 2.24) is 4.98 Å². The van der Waals surface area contributed by atoms with Crippen LogP contribution in [0.4, 0.5) is 0 Å². The highest BCUT2D eigenvalue weighted by molar-refractivity contribution is 5.80. The molecule has 0 spiro atoms. The molecule has 1 nitrogen and oxygen atoms in total. The summed E-state index contributed by atoms with van der Waals surface area (Å²) in [4.78, 5) is 4.48. The molecule has 0 unspecified atom stereocenters. The number of hydrogen-bond acceptors (Lipinski definition) is 1. The molecule has 1 heteroatoms. The quantitative estimate of drug-likeness (QED) is 0.548. The molecule has 4 rings (SSSR count). The topological polar surface area (TPSA) is 12.9 Å². The molecular formula is C22H19N. The fraction of sp³-hybridized carbons (Fsp3) is 0.136. The van der Waals surface area contributed by atoms with Gasteiger partial charge in [-0.2, -0.15) is 0 Å². The highest BCUT2D eigenvalue weighted by Crippen LogP contribution is 2.46. The van der Waals surface area contributed by atoms with Crippen molar-refractivity contribution in [3.63, 3.8) is 0 Å². The summed E-state index contributed by atoms with van der Waals surface area (Å²) in [5.41, 5.74) is 6.59. The van der Waals surface area contributed by atoms with Crippen LogP contribution >= 0.6 is 0 Å². The Bertz CT molecular complexity index is 939. The van der Waals surface area contributed by atoms with Crippen molar-refractivity contribution in [1.29, 1.82) is 0 Å². The second-order valence-corrected chi connectivity index (χ2v) is 6.02. The third-order valence-electron chi connectivity index (χ3n) is 4.69. The van der Waals surface area contributed by atoms with E-state index in [-0.39, 0.29) is 5.92 Å². The molecule has 3 aromatic rings. The molecule has 0 N–H and O–H groups in total. The first-order valence-corrected chi connectivity index (χ1v) is 8.12. The zero-order valence-electron chi connectivity index (χ0n) is 13.3. The van der Waals surface area contributed by atoms with Gasteiger partial charge >= 0.3 is 0 Å². The van der Waals surface area contributed by atoms with Crippen molar-refractivity contribution in [2.45, 2.75) is 19.3 Å². The molecule has 0 fully saturated rings. The minimum absolute atomic E-state index is 0.229. The van der Waals surface area contributed by atoms with E-state index >= 15 is 0 Å². The molecule has 23 heavy (non-hydrogen) atoms. The first-order chi connectivity index (χ1) is 11.3. The summed E-state index contributed by atoms with van der Waals surface area (Å²) in [7, 11) is 0. The summed E-state index contributed by atoms with van der Waals surface area (Å²) in [6, 6.07) is 17.4. The highest BCUT2D eigenvalue weighted by atomic mass is 14.6. The predicted octanol–water partition coefficient (Wildman–Crippen LogP) is 3.84. The van der Waals surface area contributed by atoms with E-state index in [1.54, 1.807) is 0 Å². The summed E-state index contributed by atoms with van der Waals surface area (Å²) in [6.45, 7) is 6.50. The van der Waals surface area contributed by atoms with Crippen molar-refractivity contribution in [2.75, 3.05) is 0 Å². The second-order valence-electron chi connectivity index (χ2n) is 6.02. The maximum Gasteiger partial charge on any atom is 0.0373 e. The van der Waals surface area contributed by atoms with E-state index in [2.05, 4.69) is 73.1 Å². The summed E-state index contributed by atoms with van der Waals surface area (Å²) in [5.74, 6) is 0.229. The van der Waals surface area contributed by atoms with Gasteiger partial charge in [-0.3, -0.25) is 4.98 Å². The lowest BCUT2D eigenvalue weighted by Gasteiger charge is -2.14. The zero-order chi connectivity index (χ0) is 15.8. The van der Waals surface area contributed by atoms with Crippen LogP contribution in [0.2, 0.25) is 0 Å². The minimum atomic E-state index is 0.229. The van der Waals surface area contributed by atoms with Crippen LogP contribution in [0.15, 0.2) is 60.9 Å². The van der Waals surface area contributed by atoms with Gasteiger partial charge in [-0.05, 0) is 44.7 Å². The average molecular weight is 297 g/mol. The van der Waals surface area contributed by atoms with Crippen LogP contribution in [0.5, 0.6) is 0 Å². The summed E-state index contributed by atoms with van der Waals surface area (Å²) in [6.07, 6.45) is 7.10. The Hall–Kier alpha value is -2.67. The number of nitrogens with zero attached hydrogens (tertiary/aromatic N) is 1. The first kappa shape index (κ1) is 14.0. The molecule has 0 saturated heterocycles. The molecule has 0 amide bonds. The van der Waals surface area contributed by atoms with Crippen LogP contribution in [0.3, 0.4) is 0 Å². The molecule has 1 aromatic heterocycles. The molecule has 1 heterocycles. The Morgan fingerprint density at radius 1 is 0.913 bits per heavy atom. The van der Waals surface area contributed by atoms with Crippen LogP contribution < -0.4 is 10.4 Å². The van der Waals surface area contributed by atoms with E-state index in [1.807, 2.05) is 12.4 Å². The van der Waals surface area contributed by atoms with Gasteiger partial charge in [0, 0.05) is 18.3 Å². The molecule has 0 bridgehead atoms. The summed E-state index contributed by atoms with van der Waals surface area (Å²) in [5, 5.41) is 2.24. The normalized spacial score (nSPS) is 13.9. The predicted molar refractivity (Wildman–Crippen MR) is 96.6 cm³/mol. The Labute approximate surface area is 136 Å². The van der Waals surface area contributed by atoms with E-state index in [4.69, 9.17) is 0 Å². The fourth-order valence-electron chi connectivity index (χ4n) is 3.66. The van der Waals surface area contributed by atoms with E-state index in [0.717, 1.165) is 16.9 Å². The van der Waals surface area contributed by atoms with Crippen molar-refractivity contribution in [2.24, 2.45) is 0 Å². The highest BCUT2D eigenvalue weighted by Gasteiger charge is 2.29. The average Bonchev–Trinajstić information content (AvgIpc) is 2.92. The molecule has 2 aromatic carbocycles. The number of pyridine rings is 1. The molecule has 112 valence electrons. The van der Waals surface area contributed by atoms with Crippen LogP contribution in [-0.4, -0.2) is 4.98 Å². The Morgan fingerprint density at radius 2 is 1.52 bits per heavy atom. The number of fused-ring (bicyclic) bond motifs is 3.